The quantitative estimate of drug-likeness (QED) is 0.790. The first-order chi connectivity index (χ1) is 11.5. The molecule has 0 aliphatic rings. The Morgan fingerprint density at radius 2 is 1.96 bits per heavy atom. The third-order valence-electron chi connectivity index (χ3n) is 3.58. The zero-order valence-electron chi connectivity index (χ0n) is 13.7. The van der Waals surface area contributed by atoms with E-state index in [-0.39, 0.29) is 17.3 Å². The molecule has 0 aliphatic carbocycles. The van der Waals surface area contributed by atoms with E-state index in [1.807, 2.05) is 6.92 Å². The Labute approximate surface area is 141 Å². The van der Waals surface area contributed by atoms with E-state index in [4.69, 9.17) is 9.15 Å². The smallest absolute Gasteiger partial charge is 0.220 e. The fraction of sp³-hybridized carbons (Fsp3) is 0.353. The Morgan fingerprint density at radius 1 is 1.25 bits per heavy atom. The SMILES string of the molecule is CCCC(=O)NCC(c1ccco1)S(=O)(=O)c1ccc(OC)cc1. The van der Waals surface area contributed by atoms with E-state index in [2.05, 4.69) is 5.32 Å². The molecule has 1 amide bonds. The Morgan fingerprint density at radius 3 is 2.50 bits per heavy atom. The molecule has 2 rings (SSSR count). The number of rotatable bonds is 8. The topological polar surface area (TPSA) is 85.6 Å². The first-order valence-corrected chi connectivity index (χ1v) is 9.21. The zero-order chi connectivity index (χ0) is 17.6. The third-order valence-corrected chi connectivity index (χ3v) is 5.66. The number of nitrogens with one attached hydrogen (secondary N) is 1. The fourth-order valence-corrected chi connectivity index (χ4v) is 3.88. The van der Waals surface area contributed by atoms with Gasteiger partial charge in [-0.05, 0) is 42.8 Å². The van der Waals surface area contributed by atoms with Crippen LogP contribution in [0.2, 0.25) is 0 Å². The van der Waals surface area contributed by atoms with Crippen molar-refractivity contribution in [3.05, 3.63) is 48.4 Å². The normalized spacial score (nSPS) is 12.6. The number of furan rings is 1. The van der Waals surface area contributed by atoms with E-state index < -0.39 is 15.1 Å². The zero-order valence-corrected chi connectivity index (χ0v) is 14.5. The van der Waals surface area contributed by atoms with Crippen molar-refractivity contribution in [3.8, 4) is 5.75 Å². The molecule has 1 unspecified atom stereocenters. The molecule has 0 aliphatic heterocycles. The van der Waals surface area contributed by atoms with Gasteiger partial charge in [-0.1, -0.05) is 6.92 Å². The average Bonchev–Trinajstić information content (AvgIpc) is 3.09. The van der Waals surface area contributed by atoms with Crippen LogP contribution in [0.1, 0.15) is 30.8 Å². The van der Waals surface area contributed by atoms with Crippen LogP contribution in [0.4, 0.5) is 0 Å². The van der Waals surface area contributed by atoms with Gasteiger partial charge in [-0.3, -0.25) is 4.79 Å². The fourth-order valence-electron chi connectivity index (χ4n) is 2.29. The summed E-state index contributed by atoms with van der Waals surface area (Å²) in [5.74, 6) is 0.682. The summed E-state index contributed by atoms with van der Waals surface area (Å²) in [4.78, 5) is 11.9. The van der Waals surface area contributed by atoms with Gasteiger partial charge in [-0.15, -0.1) is 0 Å². The third kappa shape index (κ3) is 4.17. The molecule has 2 aromatic rings. The maximum absolute atomic E-state index is 12.9. The van der Waals surface area contributed by atoms with Crippen LogP contribution in [0, 0.1) is 0 Å². The van der Waals surface area contributed by atoms with Crippen molar-refractivity contribution in [2.75, 3.05) is 13.7 Å². The van der Waals surface area contributed by atoms with Crippen LogP contribution in [-0.2, 0) is 14.6 Å². The molecule has 0 saturated heterocycles. The van der Waals surface area contributed by atoms with Gasteiger partial charge in [-0.25, -0.2) is 8.42 Å². The summed E-state index contributed by atoms with van der Waals surface area (Å²) >= 11 is 0. The summed E-state index contributed by atoms with van der Waals surface area (Å²) in [5, 5.41) is 1.68. The predicted octanol–water partition coefficient (Wildman–Crippen LogP) is 2.72. The maximum atomic E-state index is 12.9. The number of ether oxygens (including phenoxy) is 1. The number of benzene rings is 1. The minimum Gasteiger partial charge on any atom is -0.497 e. The molecule has 0 bridgehead atoms. The van der Waals surface area contributed by atoms with Gasteiger partial charge < -0.3 is 14.5 Å². The highest BCUT2D eigenvalue weighted by Gasteiger charge is 2.31. The molecule has 1 N–H and O–H groups in total. The Bertz CT molecular complexity index is 751. The van der Waals surface area contributed by atoms with Crippen LogP contribution in [-0.4, -0.2) is 28.0 Å². The highest BCUT2D eigenvalue weighted by molar-refractivity contribution is 7.91. The van der Waals surface area contributed by atoms with Gasteiger partial charge in [0.15, 0.2) is 9.84 Å². The molecule has 24 heavy (non-hydrogen) atoms. The lowest BCUT2D eigenvalue weighted by atomic mass is 10.3. The van der Waals surface area contributed by atoms with E-state index in [1.54, 1.807) is 24.3 Å². The van der Waals surface area contributed by atoms with Crippen molar-refractivity contribution in [1.29, 1.82) is 0 Å². The highest BCUT2D eigenvalue weighted by Crippen LogP contribution is 2.29. The summed E-state index contributed by atoms with van der Waals surface area (Å²) in [6, 6.07) is 9.36. The van der Waals surface area contributed by atoms with Gasteiger partial charge in [0.05, 0.1) is 18.3 Å². The highest BCUT2D eigenvalue weighted by atomic mass is 32.2. The minimum absolute atomic E-state index is 0.0410. The second-order valence-electron chi connectivity index (χ2n) is 5.28. The largest absolute Gasteiger partial charge is 0.497 e. The van der Waals surface area contributed by atoms with Crippen LogP contribution in [0.5, 0.6) is 5.75 Å². The molecule has 0 radical (unpaired) electrons. The van der Waals surface area contributed by atoms with Crippen molar-refractivity contribution in [1.82, 2.24) is 5.32 Å². The lowest BCUT2D eigenvalue weighted by Gasteiger charge is -2.17. The molecule has 1 heterocycles. The first kappa shape index (κ1) is 18.1. The van der Waals surface area contributed by atoms with E-state index in [0.717, 1.165) is 0 Å². The van der Waals surface area contributed by atoms with Crippen molar-refractivity contribution in [3.63, 3.8) is 0 Å². The van der Waals surface area contributed by atoms with Gasteiger partial charge in [0, 0.05) is 13.0 Å². The number of hydrogen-bond acceptors (Lipinski definition) is 5. The summed E-state index contributed by atoms with van der Waals surface area (Å²) in [7, 11) is -2.21. The van der Waals surface area contributed by atoms with Gasteiger partial charge in [0.2, 0.25) is 5.91 Å². The number of amides is 1. The number of methoxy groups -OCH3 is 1. The predicted molar refractivity (Wildman–Crippen MR) is 89.5 cm³/mol. The van der Waals surface area contributed by atoms with Crippen LogP contribution in [0.25, 0.3) is 0 Å². The van der Waals surface area contributed by atoms with Gasteiger partial charge >= 0.3 is 0 Å². The monoisotopic (exact) mass is 351 g/mol. The van der Waals surface area contributed by atoms with Crippen LogP contribution in [0.15, 0.2) is 52.0 Å². The van der Waals surface area contributed by atoms with Crippen molar-refractivity contribution in [2.45, 2.75) is 29.9 Å². The maximum Gasteiger partial charge on any atom is 0.220 e. The lowest BCUT2D eigenvalue weighted by Crippen LogP contribution is -2.31. The molecule has 130 valence electrons. The van der Waals surface area contributed by atoms with Crippen LogP contribution >= 0.6 is 0 Å². The van der Waals surface area contributed by atoms with Gasteiger partial charge in [-0.2, -0.15) is 0 Å². The molecule has 7 heteroatoms. The summed E-state index contributed by atoms with van der Waals surface area (Å²) in [5.41, 5.74) is 0. The molecule has 1 aromatic heterocycles. The Hall–Kier alpha value is -2.28. The molecule has 0 spiro atoms. The van der Waals surface area contributed by atoms with Crippen molar-refractivity contribution in [2.24, 2.45) is 0 Å². The molecule has 0 saturated carbocycles. The second kappa shape index (κ2) is 8.01. The lowest BCUT2D eigenvalue weighted by molar-refractivity contribution is -0.121. The van der Waals surface area contributed by atoms with Crippen LogP contribution < -0.4 is 10.1 Å². The molecule has 1 atom stereocenters. The van der Waals surface area contributed by atoms with Gasteiger partial charge in [0.25, 0.3) is 0 Å². The molecular weight excluding hydrogens is 330 g/mol. The number of hydrogen-bond donors (Lipinski definition) is 1. The second-order valence-corrected chi connectivity index (χ2v) is 7.41. The van der Waals surface area contributed by atoms with Crippen molar-refractivity contribution >= 4 is 15.7 Å². The molecule has 6 nitrogen and oxygen atoms in total. The molecule has 0 fully saturated rings. The Balaban J connectivity index is 2.29. The van der Waals surface area contributed by atoms with Gasteiger partial charge in [0.1, 0.15) is 16.8 Å². The summed E-state index contributed by atoms with van der Waals surface area (Å²) in [6.45, 7) is 1.85. The van der Waals surface area contributed by atoms with E-state index in [9.17, 15) is 13.2 Å². The number of carbonyl (C=O) groups excluding carboxylic acids is 1. The van der Waals surface area contributed by atoms with E-state index in [1.165, 1.54) is 25.5 Å². The Kier molecular flexibility index (Phi) is 6.03. The average molecular weight is 351 g/mol. The summed E-state index contributed by atoms with van der Waals surface area (Å²) in [6.07, 6.45) is 2.47. The van der Waals surface area contributed by atoms with Crippen molar-refractivity contribution < 1.29 is 22.4 Å². The van der Waals surface area contributed by atoms with E-state index in [0.29, 0.717) is 24.4 Å². The molecular formula is C17H21NO5S. The van der Waals surface area contributed by atoms with E-state index >= 15 is 0 Å². The number of carbonyl (C=O) groups is 1. The van der Waals surface area contributed by atoms with Crippen LogP contribution in [0.3, 0.4) is 0 Å². The standard InChI is InChI=1S/C17H21NO5S/c1-3-5-17(19)18-12-16(15-6-4-11-23-15)24(20,21)14-9-7-13(22-2)8-10-14/h4,6-11,16H,3,5,12H2,1-2H3,(H,18,19). The minimum atomic E-state index is -3.72. The molecule has 1 aromatic carbocycles. The first-order valence-electron chi connectivity index (χ1n) is 7.67. The number of sulfone groups is 1. The summed E-state index contributed by atoms with van der Waals surface area (Å²) < 4.78 is 36.2.